The van der Waals surface area contributed by atoms with E-state index in [1.807, 2.05) is 25.1 Å². The first-order valence-corrected chi connectivity index (χ1v) is 9.60. The van der Waals surface area contributed by atoms with Crippen molar-refractivity contribution in [3.05, 3.63) is 41.1 Å². The molecule has 1 aliphatic rings. The van der Waals surface area contributed by atoms with Gasteiger partial charge in [-0.25, -0.2) is 9.97 Å². The van der Waals surface area contributed by atoms with E-state index >= 15 is 0 Å². The third-order valence-corrected chi connectivity index (χ3v) is 5.76. The summed E-state index contributed by atoms with van der Waals surface area (Å²) in [5.74, 6) is 0.795. The Hall–Kier alpha value is -2.45. The van der Waals surface area contributed by atoms with Crippen LogP contribution in [0.25, 0.3) is 10.2 Å². The quantitative estimate of drug-likeness (QED) is 0.670. The molecule has 3 aromatic rings. The second-order valence-electron chi connectivity index (χ2n) is 7.10. The molecule has 1 saturated carbocycles. The van der Waals surface area contributed by atoms with Gasteiger partial charge in [0.05, 0.1) is 21.8 Å². The zero-order valence-corrected chi connectivity index (χ0v) is 16.1. The molecule has 0 saturated heterocycles. The Morgan fingerprint density at radius 1 is 1.41 bits per heavy atom. The monoisotopic (exact) mass is 387 g/mol. The summed E-state index contributed by atoms with van der Waals surface area (Å²) in [6, 6.07) is 5.74. The number of nitrogens with zero attached hydrogens (tertiary/aromatic N) is 3. The van der Waals surface area contributed by atoms with Crippen LogP contribution in [0.15, 0.2) is 28.9 Å². The van der Waals surface area contributed by atoms with Crippen molar-refractivity contribution in [3.8, 4) is 5.75 Å². The van der Waals surface area contributed by atoms with Crippen LogP contribution < -0.4 is 4.74 Å². The van der Waals surface area contributed by atoms with Gasteiger partial charge in [0.25, 0.3) is 5.91 Å². The van der Waals surface area contributed by atoms with E-state index in [1.54, 1.807) is 23.3 Å². The molecule has 8 heteroatoms. The first kappa shape index (κ1) is 17.9. The van der Waals surface area contributed by atoms with Crippen LogP contribution >= 0.6 is 11.3 Å². The van der Waals surface area contributed by atoms with Crippen molar-refractivity contribution in [3.63, 3.8) is 0 Å². The van der Waals surface area contributed by atoms with Gasteiger partial charge in [-0.15, -0.1) is 11.3 Å². The highest BCUT2D eigenvalue weighted by molar-refractivity contribution is 7.18. The predicted molar refractivity (Wildman–Crippen MR) is 101 cm³/mol. The molecule has 0 spiro atoms. The number of hydrogen-bond acceptors (Lipinski definition) is 7. The summed E-state index contributed by atoms with van der Waals surface area (Å²) < 4.78 is 12.2. The molecule has 1 aromatic carbocycles. The molecule has 0 aliphatic heterocycles. The number of amides is 1. The first-order chi connectivity index (χ1) is 13.0. The minimum Gasteiger partial charge on any atom is -0.484 e. The van der Waals surface area contributed by atoms with Gasteiger partial charge in [-0.3, -0.25) is 4.79 Å². The number of aliphatic hydroxyl groups excluding tert-OH is 1. The minimum absolute atomic E-state index is 0.103. The Labute approximate surface area is 160 Å². The zero-order chi connectivity index (χ0) is 19.0. The van der Waals surface area contributed by atoms with Crippen LogP contribution in [0.2, 0.25) is 0 Å². The van der Waals surface area contributed by atoms with Gasteiger partial charge >= 0.3 is 0 Å². The number of oxazole rings is 1. The van der Waals surface area contributed by atoms with Gasteiger partial charge in [0.15, 0.2) is 12.3 Å². The average molecular weight is 387 g/mol. The maximum Gasteiger partial charge on any atom is 0.275 e. The van der Waals surface area contributed by atoms with Crippen molar-refractivity contribution in [1.29, 1.82) is 0 Å². The number of ether oxygens (including phenoxy) is 1. The molecule has 0 radical (unpaired) electrons. The molecule has 2 heterocycles. The molecular formula is C19H21N3O4S. The largest absolute Gasteiger partial charge is 0.484 e. The van der Waals surface area contributed by atoms with Gasteiger partial charge in [0.1, 0.15) is 12.0 Å². The van der Waals surface area contributed by atoms with Crippen LogP contribution in [-0.4, -0.2) is 46.1 Å². The molecule has 1 amide bonds. The fourth-order valence-electron chi connectivity index (χ4n) is 3.05. The smallest absolute Gasteiger partial charge is 0.275 e. The van der Waals surface area contributed by atoms with Gasteiger partial charge in [0.2, 0.25) is 5.89 Å². The molecule has 142 valence electrons. The number of benzene rings is 1. The molecule has 0 atom stereocenters. The molecule has 27 heavy (non-hydrogen) atoms. The molecule has 0 unspecified atom stereocenters. The molecule has 1 aliphatic carbocycles. The van der Waals surface area contributed by atoms with E-state index in [2.05, 4.69) is 9.97 Å². The fourth-order valence-corrected chi connectivity index (χ4v) is 3.85. The Kier molecular flexibility index (Phi) is 4.61. The van der Waals surface area contributed by atoms with Crippen LogP contribution in [-0.2, 0) is 6.61 Å². The number of aliphatic hydroxyl groups is 1. The molecule has 0 bridgehead atoms. The second kappa shape index (κ2) is 6.94. The van der Waals surface area contributed by atoms with Crippen LogP contribution in [0, 0.1) is 12.3 Å². The Morgan fingerprint density at radius 3 is 2.96 bits per heavy atom. The standard InChI is InChI=1S/C19H21N3O4S/c1-12-20-14-7-13(3-4-16(14)27-12)25-9-17-21-15(8-26-17)18(24)22(2)10-19(11-23)5-6-19/h3-4,7-8,23H,5-6,9-11H2,1-2H3. The number of carbonyl (C=O) groups excluding carboxylic acids is 1. The number of aryl methyl sites for hydroxylation is 1. The van der Waals surface area contributed by atoms with E-state index in [0.717, 1.165) is 28.1 Å². The van der Waals surface area contributed by atoms with Crippen molar-refractivity contribution in [2.24, 2.45) is 5.41 Å². The van der Waals surface area contributed by atoms with Gasteiger partial charge < -0.3 is 19.2 Å². The first-order valence-electron chi connectivity index (χ1n) is 8.79. The summed E-state index contributed by atoms with van der Waals surface area (Å²) in [4.78, 5) is 22.7. The van der Waals surface area contributed by atoms with Crippen molar-refractivity contribution in [1.82, 2.24) is 14.9 Å². The van der Waals surface area contributed by atoms with Crippen molar-refractivity contribution in [2.75, 3.05) is 20.2 Å². The zero-order valence-electron chi connectivity index (χ0n) is 15.3. The van der Waals surface area contributed by atoms with E-state index in [-0.39, 0.29) is 30.2 Å². The highest BCUT2D eigenvalue weighted by Gasteiger charge is 2.43. The van der Waals surface area contributed by atoms with Crippen LogP contribution in [0.1, 0.15) is 34.2 Å². The highest BCUT2D eigenvalue weighted by atomic mass is 32.1. The third kappa shape index (κ3) is 3.81. The minimum atomic E-state index is -0.218. The maximum atomic E-state index is 12.5. The molecule has 1 fully saturated rings. The normalized spacial score (nSPS) is 15.1. The second-order valence-corrected chi connectivity index (χ2v) is 8.33. The number of fused-ring (bicyclic) bond motifs is 1. The number of rotatable bonds is 7. The Balaban J connectivity index is 1.37. The number of aromatic nitrogens is 2. The lowest BCUT2D eigenvalue weighted by atomic mass is 10.1. The molecule has 1 N–H and O–H groups in total. The van der Waals surface area contributed by atoms with E-state index in [9.17, 15) is 9.90 Å². The van der Waals surface area contributed by atoms with Gasteiger partial charge in [-0.05, 0) is 31.9 Å². The fraction of sp³-hybridized carbons (Fsp3) is 0.421. The summed E-state index contributed by atoms with van der Waals surface area (Å²) in [7, 11) is 1.72. The van der Waals surface area contributed by atoms with Gasteiger partial charge in [0, 0.05) is 25.1 Å². The lowest BCUT2D eigenvalue weighted by Crippen LogP contribution is -2.34. The molecule has 2 aromatic heterocycles. The van der Waals surface area contributed by atoms with Crippen LogP contribution in [0.4, 0.5) is 0 Å². The van der Waals surface area contributed by atoms with E-state index in [0.29, 0.717) is 18.2 Å². The summed E-state index contributed by atoms with van der Waals surface area (Å²) in [5.41, 5.74) is 1.01. The lowest BCUT2D eigenvalue weighted by Gasteiger charge is -2.21. The maximum absolute atomic E-state index is 12.5. The highest BCUT2D eigenvalue weighted by Crippen LogP contribution is 2.45. The summed E-state index contributed by atoms with van der Waals surface area (Å²) >= 11 is 1.64. The summed E-state index contributed by atoms with van der Waals surface area (Å²) in [6.45, 7) is 2.73. The van der Waals surface area contributed by atoms with Crippen LogP contribution in [0.5, 0.6) is 5.75 Å². The van der Waals surface area contributed by atoms with E-state index < -0.39 is 0 Å². The van der Waals surface area contributed by atoms with Crippen molar-refractivity contribution in [2.45, 2.75) is 26.4 Å². The Bertz CT molecular complexity index is 976. The topological polar surface area (TPSA) is 88.7 Å². The van der Waals surface area contributed by atoms with Gasteiger partial charge in [-0.1, -0.05) is 0 Å². The number of thiazole rings is 1. The predicted octanol–water partition coefficient (Wildman–Crippen LogP) is 3.02. The SMILES string of the molecule is Cc1nc2cc(OCc3nc(C(=O)N(C)CC4(CO)CC4)co3)ccc2s1. The Morgan fingerprint density at radius 2 is 2.22 bits per heavy atom. The molecular weight excluding hydrogens is 366 g/mol. The average Bonchev–Trinajstić information content (AvgIpc) is 3.10. The number of carbonyl (C=O) groups is 1. The molecule has 7 nitrogen and oxygen atoms in total. The van der Waals surface area contributed by atoms with E-state index in [1.165, 1.54) is 6.26 Å². The molecule has 4 rings (SSSR count). The lowest BCUT2D eigenvalue weighted by molar-refractivity contribution is 0.0727. The van der Waals surface area contributed by atoms with Crippen molar-refractivity contribution < 1.29 is 19.1 Å². The summed E-state index contributed by atoms with van der Waals surface area (Å²) in [6.07, 6.45) is 3.24. The van der Waals surface area contributed by atoms with E-state index in [4.69, 9.17) is 9.15 Å². The van der Waals surface area contributed by atoms with Gasteiger partial charge in [-0.2, -0.15) is 0 Å². The van der Waals surface area contributed by atoms with Crippen molar-refractivity contribution >= 4 is 27.5 Å². The third-order valence-electron chi connectivity index (χ3n) is 4.81. The van der Waals surface area contributed by atoms with Crippen LogP contribution in [0.3, 0.4) is 0 Å². The number of hydrogen-bond donors (Lipinski definition) is 1. The summed E-state index contributed by atoms with van der Waals surface area (Å²) in [5, 5.41) is 10.4.